The lowest BCUT2D eigenvalue weighted by molar-refractivity contribution is 0.188. The van der Waals surface area contributed by atoms with Crippen LogP contribution in [-0.4, -0.2) is 13.2 Å². The zero-order valence-corrected chi connectivity index (χ0v) is 9.78. The molecule has 0 aromatic heterocycles. The van der Waals surface area contributed by atoms with E-state index in [9.17, 15) is 0 Å². The second-order valence-electron chi connectivity index (χ2n) is 5.16. The molecular weight excluding hydrogens is 198 g/mol. The molecule has 0 amide bonds. The summed E-state index contributed by atoms with van der Waals surface area (Å²) in [4.78, 5) is 0. The Morgan fingerprint density at radius 3 is 2.94 bits per heavy atom. The number of fused-ring (bicyclic) bond motifs is 1. The van der Waals surface area contributed by atoms with E-state index in [1.54, 1.807) is 0 Å². The first-order valence-corrected chi connectivity index (χ1v) is 6.29. The van der Waals surface area contributed by atoms with E-state index < -0.39 is 0 Å². The van der Waals surface area contributed by atoms with E-state index in [-0.39, 0.29) is 0 Å². The van der Waals surface area contributed by atoms with Gasteiger partial charge >= 0.3 is 0 Å². The Morgan fingerprint density at radius 1 is 1.31 bits per heavy atom. The van der Waals surface area contributed by atoms with Crippen molar-refractivity contribution in [2.24, 2.45) is 11.8 Å². The summed E-state index contributed by atoms with van der Waals surface area (Å²) in [5.41, 5.74) is 1.34. The second kappa shape index (κ2) is 4.10. The number of para-hydroxylation sites is 1. The van der Waals surface area contributed by atoms with Crippen molar-refractivity contribution >= 4 is 0 Å². The number of hydrogen-bond donors (Lipinski definition) is 1. The molecule has 2 heteroatoms. The smallest absolute Gasteiger partial charge is 0.124 e. The lowest BCUT2D eigenvalue weighted by atomic mass is 9.92. The zero-order chi connectivity index (χ0) is 11.0. The number of ether oxygens (including phenoxy) is 1. The van der Waals surface area contributed by atoms with Gasteiger partial charge in [0.05, 0.1) is 6.61 Å². The summed E-state index contributed by atoms with van der Waals surface area (Å²) in [5, 5.41) is 3.71. The minimum Gasteiger partial charge on any atom is -0.493 e. The first-order valence-electron chi connectivity index (χ1n) is 6.29. The quantitative estimate of drug-likeness (QED) is 0.840. The van der Waals surface area contributed by atoms with Gasteiger partial charge in [-0.1, -0.05) is 25.1 Å². The number of benzene rings is 1. The third-order valence-corrected chi connectivity index (χ3v) is 3.65. The van der Waals surface area contributed by atoms with Crippen molar-refractivity contribution in [1.82, 2.24) is 5.32 Å². The summed E-state index contributed by atoms with van der Waals surface area (Å²) in [5.74, 6) is 2.56. The highest BCUT2D eigenvalue weighted by molar-refractivity contribution is 5.37. The van der Waals surface area contributed by atoms with Gasteiger partial charge in [0.25, 0.3) is 0 Å². The predicted molar refractivity (Wildman–Crippen MR) is 64.6 cm³/mol. The predicted octanol–water partition coefficient (Wildman–Crippen LogP) is 2.76. The Hall–Kier alpha value is -1.02. The molecule has 0 radical (unpaired) electrons. The summed E-state index contributed by atoms with van der Waals surface area (Å²) in [6.45, 7) is 4.27. The van der Waals surface area contributed by atoms with Gasteiger partial charge in [-0.15, -0.1) is 0 Å². The van der Waals surface area contributed by atoms with Crippen LogP contribution in [0, 0.1) is 11.8 Å². The van der Waals surface area contributed by atoms with Gasteiger partial charge in [-0.2, -0.15) is 0 Å². The van der Waals surface area contributed by atoms with Crippen LogP contribution in [0.2, 0.25) is 0 Å². The van der Waals surface area contributed by atoms with Gasteiger partial charge in [0, 0.05) is 17.5 Å². The molecule has 1 heterocycles. The van der Waals surface area contributed by atoms with E-state index in [2.05, 4.69) is 30.4 Å². The van der Waals surface area contributed by atoms with Crippen molar-refractivity contribution in [3.8, 4) is 5.75 Å². The van der Waals surface area contributed by atoms with E-state index in [1.165, 1.54) is 24.9 Å². The SMILES string of the molecule is CC1COc2ccccc2C1NCC1CC1. The molecule has 16 heavy (non-hydrogen) atoms. The van der Waals surface area contributed by atoms with Crippen molar-refractivity contribution < 1.29 is 4.74 Å². The largest absolute Gasteiger partial charge is 0.493 e. The van der Waals surface area contributed by atoms with Crippen LogP contribution in [0.1, 0.15) is 31.4 Å². The first-order chi connectivity index (χ1) is 7.84. The van der Waals surface area contributed by atoms with Crippen LogP contribution in [0.15, 0.2) is 24.3 Å². The molecule has 1 aromatic carbocycles. The first kappa shape index (κ1) is 10.2. The maximum atomic E-state index is 5.75. The lowest BCUT2D eigenvalue weighted by Crippen LogP contribution is -2.34. The topological polar surface area (TPSA) is 21.3 Å². The zero-order valence-electron chi connectivity index (χ0n) is 9.78. The molecule has 3 rings (SSSR count). The summed E-state index contributed by atoms with van der Waals surface area (Å²) in [6.07, 6.45) is 2.82. The van der Waals surface area contributed by atoms with Gasteiger partial charge in [0.1, 0.15) is 5.75 Å². The molecule has 2 unspecified atom stereocenters. The van der Waals surface area contributed by atoms with Gasteiger partial charge in [-0.05, 0) is 31.4 Å². The third kappa shape index (κ3) is 1.94. The van der Waals surface area contributed by atoms with Crippen LogP contribution >= 0.6 is 0 Å². The van der Waals surface area contributed by atoms with Crippen LogP contribution in [0.4, 0.5) is 0 Å². The number of rotatable bonds is 3. The van der Waals surface area contributed by atoms with Crippen LogP contribution in [0.25, 0.3) is 0 Å². The van der Waals surface area contributed by atoms with Gasteiger partial charge in [-0.25, -0.2) is 0 Å². The molecule has 2 aliphatic rings. The highest BCUT2D eigenvalue weighted by Gasteiger charge is 2.29. The minimum atomic E-state index is 0.477. The minimum absolute atomic E-state index is 0.477. The third-order valence-electron chi connectivity index (χ3n) is 3.65. The summed E-state index contributed by atoms with van der Waals surface area (Å²) in [6, 6.07) is 8.90. The van der Waals surface area contributed by atoms with Gasteiger partial charge in [-0.3, -0.25) is 0 Å². The second-order valence-corrected chi connectivity index (χ2v) is 5.16. The molecule has 1 aliphatic heterocycles. The molecule has 2 nitrogen and oxygen atoms in total. The summed E-state index contributed by atoms with van der Waals surface area (Å²) in [7, 11) is 0. The molecule has 2 atom stereocenters. The van der Waals surface area contributed by atoms with Crippen molar-refractivity contribution in [2.75, 3.05) is 13.2 Å². The average Bonchev–Trinajstić information content (AvgIpc) is 3.12. The average molecular weight is 217 g/mol. The van der Waals surface area contributed by atoms with E-state index in [1.807, 2.05) is 6.07 Å². The summed E-state index contributed by atoms with van der Waals surface area (Å²) >= 11 is 0. The molecule has 0 saturated heterocycles. The van der Waals surface area contributed by atoms with Crippen LogP contribution in [-0.2, 0) is 0 Å². The molecule has 1 aromatic rings. The lowest BCUT2D eigenvalue weighted by Gasteiger charge is -2.32. The van der Waals surface area contributed by atoms with Crippen LogP contribution < -0.4 is 10.1 Å². The van der Waals surface area contributed by atoms with Crippen molar-refractivity contribution in [2.45, 2.75) is 25.8 Å². The fourth-order valence-electron chi connectivity index (χ4n) is 2.42. The molecule has 0 bridgehead atoms. The van der Waals surface area contributed by atoms with Crippen LogP contribution in [0.5, 0.6) is 5.75 Å². The number of hydrogen-bond acceptors (Lipinski definition) is 2. The van der Waals surface area contributed by atoms with Crippen molar-refractivity contribution in [3.05, 3.63) is 29.8 Å². The van der Waals surface area contributed by atoms with E-state index in [0.29, 0.717) is 12.0 Å². The molecular formula is C14H19NO. The van der Waals surface area contributed by atoms with Crippen molar-refractivity contribution in [3.63, 3.8) is 0 Å². The maximum absolute atomic E-state index is 5.75. The summed E-state index contributed by atoms with van der Waals surface area (Å²) < 4.78 is 5.75. The Labute approximate surface area is 97.0 Å². The molecule has 1 N–H and O–H groups in total. The Bertz CT molecular complexity index is 373. The fraction of sp³-hybridized carbons (Fsp3) is 0.571. The fourth-order valence-corrected chi connectivity index (χ4v) is 2.42. The van der Waals surface area contributed by atoms with E-state index in [4.69, 9.17) is 4.74 Å². The maximum Gasteiger partial charge on any atom is 0.124 e. The van der Waals surface area contributed by atoms with Gasteiger partial charge < -0.3 is 10.1 Å². The molecule has 86 valence electrons. The number of nitrogens with one attached hydrogen (secondary N) is 1. The Kier molecular flexibility index (Phi) is 2.60. The molecule has 1 saturated carbocycles. The van der Waals surface area contributed by atoms with Gasteiger partial charge in [0.2, 0.25) is 0 Å². The Morgan fingerprint density at radius 2 is 2.12 bits per heavy atom. The normalized spacial score (nSPS) is 28.3. The Balaban J connectivity index is 1.78. The van der Waals surface area contributed by atoms with E-state index >= 15 is 0 Å². The highest BCUT2D eigenvalue weighted by atomic mass is 16.5. The monoisotopic (exact) mass is 217 g/mol. The van der Waals surface area contributed by atoms with Crippen LogP contribution in [0.3, 0.4) is 0 Å². The van der Waals surface area contributed by atoms with Gasteiger partial charge in [0.15, 0.2) is 0 Å². The molecule has 1 fully saturated rings. The highest BCUT2D eigenvalue weighted by Crippen LogP contribution is 2.36. The van der Waals surface area contributed by atoms with E-state index in [0.717, 1.165) is 18.3 Å². The standard InChI is InChI=1S/C14H19NO/c1-10-9-16-13-5-3-2-4-12(13)14(10)15-8-11-6-7-11/h2-5,10-11,14-15H,6-9H2,1H3. The van der Waals surface area contributed by atoms with Crippen molar-refractivity contribution in [1.29, 1.82) is 0 Å². The molecule has 1 aliphatic carbocycles. The molecule has 0 spiro atoms.